The van der Waals surface area contributed by atoms with Crippen molar-refractivity contribution in [2.45, 2.75) is 317 Å². The lowest BCUT2D eigenvalue weighted by Gasteiger charge is -2.18. The Morgan fingerprint density at radius 1 is 0.339 bits per heavy atom. The van der Waals surface area contributed by atoms with Gasteiger partial charge in [-0.3, -0.25) is 14.4 Å². The molecule has 0 rings (SSSR count). The van der Waals surface area contributed by atoms with Crippen LogP contribution in [-0.2, 0) is 28.6 Å². The maximum absolute atomic E-state index is 12.8. The molecule has 0 aliphatic rings. The fourth-order valence-corrected chi connectivity index (χ4v) is 8.49. The Labute approximate surface area is 387 Å². The van der Waals surface area contributed by atoms with Gasteiger partial charge in [0.25, 0.3) is 0 Å². The van der Waals surface area contributed by atoms with Crippen LogP contribution < -0.4 is 0 Å². The summed E-state index contributed by atoms with van der Waals surface area (Å²) in [7, 11) is 0. The van der Waals surface area contributed by atoms with E-state index in [-0.39, 0.29) is 31.1 Å². The molecule has 1 unspecified atom stereocenters. The molecule has 0 radical (unpaired) electrons. The van der Waals surface area contributed by atoms with E-state index in [1.807, 2.05) is 0 Å². The van der Waals surface area contributed by atoms with Crippen LogP contribution in [0.2, 0.25) is 0 Å². The number of hydrogen-bond donors (Lipinski definition) is 0. The Bertz CT molecular complexity index is 949. The lowest BCUT2D eigenvalue weighted by atomic mass is 9.99. The molecule has 0 aliphatic carbocycles. The first-order chi connectivity index (χ1) is 30.3. The van der Waals surface area contributed by atoms with E-state index in [1.54, 1.807) is 0 Å². The van der Waals surface area contributed by atoms with Crippen LogP contribution >= 0.6 is 0 Å². The number of unbranched alkanes of at least 4 members (excludes halogenated alkanes) is 34. The van der Waals surface area contributed by atoms with Gasteiger partial charge in [-0.05, 0) is 31.1 Å². The monoisotopic (exact) mass is 877 g/mol. The second-order valence-electron chi connectivity index (χ2n) is 19.9. The first-order valence-electron chi connectivity index (χ1n) is 27.8. The second kappa shape index (κ2) is 48.9. The van der Waals surface area contributed by atoms with Crippen molar-refractivity contribution in [3.8, 4) is 0 Å². The predicted molar refractivity (Wildman–Crippen MR) is 266 cm³/mol. The molecule has 0 fully saturated rings. The van der Waals surface area contributed by atoms with E-state index < -0.39 is 6.10 Å². The minimum absolute atomic E-state index is 0.0632. The number of rotatable bonds is 50. The smallest absolute Gasteiger partial charge is 0.306 e. The third-order valence-electron chi connectivity index (χ3n) is 13.1. The van der Waals surface area contributed by atoms with Crippen LogP contribution in [0.1, 0.15) is 311 Å². The highest BCUT2D eigenvalue weighted by molar-refractivity contribution is 5.71. The molecule has 0 amide bonds. The quantitative estimate of drug-likeness (QED) is 0.0344. The van der Waals surface area contributed by atoms with E-state index in [2.05, 4.69) is 34.6 Å². The summed E-state index contributed by atoms with van der Waals surface area (Å²) in [6, 6.07) is 0. The molecule has 6 nitrogen and oxygen atoms in total. The van der Waals surface area contributed by atoms with Crippen LogP contribution in [0.3, 0.4) is 0 Å². The van der Waals surface area contributed by atoms with Crippen molar-refractivity contribution in [3.05, 3.63) is 0 Å². The molecule has 0 bridgehead atoms. The Balaban J connectivity index is 4.31. The maximum atomic E-state index is 12.8. The highest BCUT2D eigenvalue weighted by atomic mass is 16.6. The summed E-state index contributed by atoms with van der Waals surface area (Å²) in [6.07, 6.45) is 50.8. The normalized spacial score (nSPS) is 12.5. The molecule has 0 saturated heterocycles. The topological polar surface area (TPSA) is 78.9 Å². The number of hydrogen-bond acceptors (Lipinski definition) is 6. The van der Waals surface area contributed by atoms with Crippen molar-refractivity contribution in [2.75, 3.05) is 13.2 Å². The van der Waals surface area contributed by atoms with E-state index in [4.69, 9.17) is 14.2 Å². The fraction of sp³-hybridized carbons (Fsp3) is 0.946. The molecule has 0 spiro atoms. The third-order valence-corrected chi connectivity index (χ3v) is 13.1. The molecule has 0 aromatic carbocycles. The zero-order valence-corrected chi connectivity index (χ0v) is 42.5. The minimum atomic E-state index is -0.762. The van der Waals surface area contributed by atoms with Crippen molar-refractivity contribution in [3.63, 3.8) is 0 Å². The number of esters is 3. The molecule has 368 valence electrons. The number of carbonyl (C=O) groups excluding carboxylic acids is 3. The first-order valence-corrected chi connectivity index (χ1v) is 27.8. The van der Waals surface area contributed by atoms with Gasteiger partial charge in [0, 0.05) is 19.3 Å². The zero-order valence-electron chi connectivity index (χ0n) is 42.5. The summed E-state index contributed by atoms with van der Waals surface area (Å²) in [5.74, 6) is 0.851. The van der Waals surface area contributed by atoms with E-state index in [0.29, 0.717) is 19.3 Å². The van der Waals surface area contributed by atoms with Crippen molar-refractivity contribution in [1.29, 1.82) is 0 Å². The molecule has 0 aromatic heterocycles. The summed E-state index contributed by atoms with van der Waals surface area (Å²) in [5.41, 5.74) is 0. The number of carbonyl (C=O) groups is 3. The van der Waals surface area contributed by atoms with Crippen molar-refractivity contribution in [1.82, 2.24) is 0 Å². The summed E-state index contributed by atoms with van der Waals surface area (Å²) < 4.78 is 16.9. The van der Waals surface area contributed by atoms with Gasteiger partial charge in [0.1, 0.15) is 13.2 Å². The standard InChI is InChI=1S/C56H108O6/c1-6-8-9-10-11-12-13-14-15-16-17-20-26-31-36-41-46-54(57)60-49-53(62-56(59)48-43-38-33-28-21-18-19-24-29-34-39-44-51(3)4)50-61-55(58)47-42-37-32-27-23-22-25-30-35-40-45-52(5)7-2/h51-53H,6-50H2,1-5H3/t52?,53-/m0/s1. The second-order valence-corrected chi connectivity index (χ2v) is 19.9. The molecule has 0 aliphatic heterocycles. The minimum Gasteiger partial charge on any atom is -0.462 e. The molecule has 0 saturated carbocycles. The number of ether oxygens (including phenoxy) is 3. The van der Waals surface area contributed by atoms with Crippen LogP contribution in [0.15, 0.2) is 0 Å². The molecule has 62 heavy (non-hydrogen) atoms. The van der Waals surface area contributed by atoms with E-state index in [0.717, 1.165) is 69.6 Å². The lowest BCUT2D eigenvalue weighted by molar-refractivity contribution is -0.167. The van der Waals surface area contributed by atoms with Gasteiger partial charge in [-0.15, -0.1) is 0 Å². The molecule has 0 N–H and O–H groups in total. The Hall–Kier alpha value is -1.59. The van der Waals surface area contributed by atoms with Gasteiger partial charge in [0.05, 0.1) is 0 Å². The van der Waals surface area contributed by atoms with Crippen LogP contribution in [0.4, 0.5) is 0 Å². The van der Waals surface area contributed by atoms with Crippen LogP contribution in [0.5, 0.6) is 0 Å². The summed E-state index contributed by atoms with van der Waals surface area (Å²) >= 11 is 0. The van der Waals surface area contributed by atoms with Crippen LogP contribution in [0.25, 0.3) is 0 Å². The Morgan fingerprint density at radius 2 is 0.613 bits per heavy atom. The maximum Gasteiger partial charge on any atom is 0.306 e. The van der Waals surface area contributed by atoms with E-state index in [9.17, 15) is 14.4 Å². The van der Waals surface area contributed by atoms with Crippen molar-refractivity contribution >= 4 is 17.9 Å². The zero-order chi connectivity index (χ0) is 45.4. The lowest BCUT2D eigenvalue weighted by Crippen LogP contribution is -2.30. The van der Waals surface area contributed by atoms with Gasteiger partial charge in [-0.25, -0.2) is 0 Å². The SMILES string of the molecule is CCCCCCCCCCCCCCCCCCC(=O)OC[C@@H](COC(=O)CCCCCCCCCCCCC(C)CC)OC(=O)CCCCCCCCCCCCCC(C)C. The van der Waals surface area contributed by atoms with Gasteiger partial charge in [0.2, 0.25) is 0 Å². The van der Waals surface area contributed by atoms with Gasteiger partial charge < -0.3 is 14.2 Å². The van der Waals surface area contributed by atoms with Gasteiger partial charge in [0.15, 0.2) is 6.10 Å². The fourth-order valence-electron chi connectivity index (χ4n) is 8.49. The average molecular weight is 877 g/mol. The third kappa shape index (κ3) is 47.9. The van der Waals surface area contributed by atoms with Crippen molar-refractivity contribution < 1.29 is 28.6 Å². The average Bonchev–Trinajstić information content (AvgIpc) is 3.26. The van der Waals surface area contributed by atoms with Gasteiger partial charge in [-0.1, -0.05) is 272 Å². The molecule has 6 heteroatoms. The molecule has 0 aromatic rings. The molecular weight excluding hydrogens is 769 g/mol. The van der Waals surface area contributed by atoms with Crippen molar-refractivity contribution in [2.24, 2.45) is 11.8 Å². The van der Waals surface area contributed by atoms with Gasteiger partial charge in [-0.2, -0.15) is 0 Å². The summed E-state index contributed by atoms with van der Waals surface area (Å²) in [5, 5.41) is 0. The van der Waals surface area contributed by atoms with Gasteiger partial charge >= 0.3 is 17.9 Å². The van der Waals surface area contributed by atoms with Crippen LogP contribution in [-0.4, -0.2) is 37.2 Å². The van der Waals surface area contributed by atoms with E-state index >= 15 is 0 Å². The highest BCUT2D eigenvalue weighted by Crippen LogP contribution is 2.18. The first kappa shape index (κ1) is 60.4. The molecule has 0 heterocycles. The largest absolute Gasteiger partial charge is 0.462 e. The van der Waals surface area contributed by atoms with Crippen LogP contribution in [0, 0.1) is 11.8 Å². The molecular formula is C56H108O6. The Kier molecular flexibility index (Phi) is 47.6. The Morgan fingerprint density at radius 3 is 0.919 bits per heavy atom. The summed E-state index contributed by atoms with van der Waals surface area (Å²) in [4.78, 5) is 38.1. The predicted octanol–water partition coefficient (Wildman–Crippen LogP) is 18.1. The van der Waals surface area contributed by atoms with E-state index in [1.165, 1.54) is 199 Å². The highest BCUT2D eigenvalue weighted by Gasteiger charge is 2.19. The molecule has 2 atom stereocenters. The summed E-state index contributed by atoms with van der Waals surface area (Å²) in [6.45, 7) is 11.4.